The summed E-state index contributed by atoms with van der Waals surface area (Å²) in [6.07, 6.45) is 0.654. The van der Waals surface area contributed by atoms with Gasteiger partial charge in [0.15, 0.2) is 0 Å². The molecule has 0 saturated carbocycles. The van der Waals surface area contributed by atoms with E-state index in [4.69, 9.17) is 0 Å². The maximum absolute atomic E-state index is 9.66. The Kier molecular flexibility index (Phi) is 8.02. The minimum Gasteiger partial charge on any atom is -0.392 e. The van der Waals surface area contributed by atoms with Gasteiger partial charge in [-0.2, -0.15) is 0 Å². The van der Waals surface area contributed by atoms with Crippen LogP contribution >= 0.6 is 23.7 Å². The highest BCUT2D eigenvalue weighted by molar-refractivity contribution is 7.10. The topological polar surface area (TPSA) is 32.3 Å². The van der Waals surface area contributed by atoms with E-state index >= 15 is 0 Å². The molecule has 1 heterocycles. The van der Waals surface area contributed by atoms with Gasteiger partial charge in [0.1, 0.15) is 0 Å². The molecule has 16 heavy (non-hydrogen) atoms. The molecule has 0 aliphatic heterocycles. The molecule has 0 spiro atoms. The van der Waals surface area contributed by atoms with E-state index in [1.807, 2.05) is 0 Å². The summed E-state index contributed by atoms with van der Waals surface area (Å²) in [6, 6.07) is 2.13. The second kappa shape index (κ2) is 8.07. The first-order valence-corrected chi connectivity index (χ1v) is 6.39. The third kappa shape index (κ3) is 5.85. The van der Waals surface area contributed by atoms with Crippen molar-refractivity contribution in [2.24, 2.45) is 5.92 Å². The molecule has 0 aliphatic carbocycles. The van der Waals surface area contributed by atoms with Crippen LogP contribution in [0.4, 0.5) is 0 Å². The lowest BCUT2D eigenvalue weighted by atomic mass is 10.1. The molecule has 2 N–H and O–H groups in total. The molecule has 1 aromatic heterocycles. The van der Waals surface area contributed by atoms with Crippen molar-refractivity contribution in [3.8, 4) is 0 Å². The number of halogens is 1. The lowest BCUT2D eigenvalue weighted by Crippen LogP contribution is -2.27. The van der Waals surface area contributed by atoms with Crippen LogP contribution in [-0.4, -0.2) is 17.8 Å². The van der Waals surface area contributed by atoms with Gasteiger partial charge in [-0.25, -0.2) is 0 Å². The SMILES string of the molecule is Cc1ccsc1CNCC(O)CC(C)C.Cl. The Morgan fingerprint density at radius 3 is 2.62 bits per heavy atom. The standard InChI is InChI=1S/C12H21NOS.ClH/c1-9(2)6-11(14)7-13-8-12-10(3)4-5-15-12;/h4-5,9,11,13-14H,6-8H2,1-3H3;1H. The zero-order chi connectivity index (χ0) is 11.3. The van der Waals surface area contributed by atoms with Gasteiger partial charge in [-0.15, -0.1) is 23.7 Å². The van der Waals surface area contributed by atoms with Crippen LogP contribution in [0, 0.1) is 12.8 Å². The van der Waals surface area contributed by atoms with Crippen molar-refractivity contribution in [1.29, 1.82) is 0 Å². The van der Waals surface area contributed by atoms with Crippen LogP contribution in [0.25, 0.3) is 0 Å². The molecule has 0 saturated heterocycles. The summed E-state index contributed by atoms with van der Waals surface area (Å²) in [4.78, 5) is 1.37. The Bertz CT molecular complexity index is 288. The van der Waals surface area contributed by atoms with Crippen molar-refractivity contribution in [1.82, 2.24) is 5.32 Å². The molecule has 4 heteroatoms. The van der Waals surface area contributed by atoms with Crippen molar-refractivity contribution in [3.63, 3.8) is 0 Å². The highest BCUT2D eigenvalue weighted by Gasteiger charge is 2.06. The monoisotopic (exact) mass is 263 g/mol. The van der Waals surface area contributed by atoms with E-state index in [0.29, 0.717) is 12.5 Å². The first kappa shape index (κ1) is 15.9. The minimum absolute atomic E-state index is 0. The lowest BCUT2D eigenvalue weighted by molar-refractivity contribution is 0.146. The molecule has 0 aliphatic rings. The van der Waals surface area contributed by atoms with E-state index in [1.165, 1.54) is 10.4 Å². The molecule has 1 rings (SSSR count). The van der Waals surface area contributed by atoms with Crippen LogP contribution < -0.4 is 5.32 Å². The number of rotatable bonds is 6. The molecule has 1 aromatic rings. The molecular formula is C12H22ClNOS. The molecule has 0 aromatic carbocycles. The van der Waals surface area contributed by atoms with Crippen LogP contribution in [-0.2, 0) is 6.54 Å². The Labute approximate surface area is 108 Å². The van der Waals surface area contributed by atoms with Crippen molar-refractivity contribution in [2.45, 2.75) is 39.8 Å². The van der Waals surface area contributed by atoms with Gasteiger partial charge in [-0.3, -0.25) is 0 Å². The number of aryl methyl sites for hydroxylation is 1. The molecule has 0 bridgehead atoms. The van der Waals surface area contributed by atoms with E-state index < -0.39 is 0 Å². The van der Waals surface area contributed by atoms with Crippen molar-refractivity contribution in [3.05, 3.63) is 21.9 Å². The second-order valence-corrected chi connectivity index (χ2v) is 5.44. The van der Waals surface area contributed by atoms with E-state index in [-0.39, 0.29) is 18.5 Å². The number of hydrogen-bond donors (Lipinski definition) is 2. The number of aliphatic hydroxyl groups excluding tert-OH is 1. The molecule has 2 nitrogen and oxygen atoms in total. The number of nitrogens with one attached hydrogen (secondary N) is 1. The summed E-state index contributed by atoms with van der Waals surface area (Å²) in [6.45, 7) is 7.95. The largest absolute Gasteiger partial charge is 0.392 e. The highest BCUT2D eigenvalue weighted by atomic mass is 35.5. The van der Waals surface area contributed by atoms with Gasteiger partial charge in [0.05, 0.1) is 6.10 Å². The van der Waals surface area contributed by atoms with Crippen LogP contribution in [0.15, 0.2) is 11.4 Å². The Balaban J connectivity index is 0.00000225. The molecular weight excluding hydrogens is 242 g/mol. The van der Waals surface area contributed by atoms with Crippen LogP contribution in [0.1, 0.15) is 30.7 Å². The quantitative estimate of drug-likeness (QED) is 0.827. The molecule has 0 amide bonds. The van der Waals surface area contributed by atoms with Gasteiger partial charge < -0.3 is 10.4 Å². The maximum Gasteiger partial charge on any atom is 0.0667 e. The van der Waals surface area contributed by atoms with E-state index in [1.54, 1.807) is 11.3 Å². The molecule has 0 radical (unpaired) electrons. The summed E-state index contributed by atoms with van der Waals surface area (Å²) in [7, 11) is 0. The summed E-state index contributed by atoms with van der Waals surface area (Å²) in [5.74, 6) is 0.560. The van der Waals surface area contributed by atoms with E-state index in [2.05, 4.69) is 37.5 Å². The minimum atomic E-state index is -0.217. The average Bonchev–Trinajstić information content (AvgIpc) is 2.50. The third-order valence-corrected chi connectivity index (χ3v) is 3.40. The molecule has 94 valence electrons. The van der Waals surface area contributed by atoms with Crippen LogP contribution in [0.5, 0.6) is 0 Å². The summed E-state index contributed by atoms with van der Waals surface area (Å²) in [5, 5.41) is 15.1. The number of thiophene rings is 1. The summed E-state index contributed by atoms with van der Waals surface area (Å²) >= 11 is 1.77. The van der Waals surface area contributed by atoms with Crippen molar-refractivity contribution >= 4 is 23.7 Å². The van der Waals surface area contributed by atoms with E-state index in [9.17, 15) is 5.11 Å². The number of hydrogen-bond acceptors (Lipinski definition) is 3. The average molecular weight is 264 g/mol. The van der Waals surface area contributed by atoms with Crippen molar-refractivity contribution < 1.29 is 5.11 Å². The van der Waals surface area contributed by atoms with Gasteiger partial charge in [-0.1, -0.05) is 13.8 Å². The molecule has 0 fully saturated rings. The van der Waals surface area contributed by atoms with Gasteiger partial charge in [0.2, 0.25) is 0 Å². The van der Waals surface area contributed by atoms with Gasteiger partial charge in [0.25, 0.3) is 0 Å². The van der Waals surface area contributed by atoms with Gasteiger partial charge >= 0.3 is 0 Å². The lowest BCUT2D eigenvalue weighted by Gasteiger charge is -2.13. The fraction of sp³-hybridized carbons (Fsp3) is 0.667. The Hall–Kier alpha value is -0.0900. The second-order valence-electron chi connectivity index (χ2n) is 4.44. The highest BCUT2D eigenvalue weighted by Crippen LogP contribution is 2.14. The fourth-order valence-corrected chi connectivity index (χ4v) is 2.44. The smallest absolute Gasteiger partial charge is 0.0667 e. The first-order chi connectivity index (χ1) is 7.09. The Morgan fingerprint density at radius 2 is 2.12 bits per heavy atom. The van der Waals surface area contributed by atoms with Crippen molar-refractivity contribution in [2.75, 3.05) is 6.54 Å². The zero-order valence-corrected chi connectivity index (χ0v) is 11.8. The van der Waals surface area contributed by atoms with Crippen LogP contribution in [0.2, 0.25) is 0 Å². The molecule has 1 atom stereocenters. The predicted molar refractivity (Wildman–Crippen MR) is 73.5 cm³/mol. The molecule has 1 unspecified atom stereocenters. The van der Waals surface area contributed by atoms with Gasteiger partial charge in [0, 0.05) is 18.0 Å². The normalized spacial score (nSPS) is 12.6. The van der Waals surface area contributed by atoms with Gasteiger partial charge in [-0.05, 0) is 36.3 Å². The fourth-order valence-electron chi connectivity index (χ4n) is 1.56. The third-order valence-electron chi connectivity index (χ3n) is 2.38. The van der Waals surface area contributed by atoms with E-state index in [0.717, 1.165) is 13.0 Å². The Morgan fingerprint density at radius 1 is 1.44 bits per heavy atom. The predicted octanol–water partition coefficient (Wildman–Crippen LogP) is 2.97. The van der Waals surface area contributed by atoms with Crippen LogP contribution in [0.3, 0.4) is 0 Å². The zero-order valence-electron chi connectivity index (χ0n) is 10.2. The number of aliphatic hydroxyl groups is 1. The summed E-state index contributed by atoms with van der Waals surface area (Å²) in [5.41, 5.74) is 1.34. The first-order valence-electron chi connectivity index (χ1n) is 5.51. The maximum atomic E-state index is 9.66. The summed E-state index contributed by atoms with van der Waals surface area (Å²) < 4.78 is 0.